The van der Waals surface area contributed by atoms with Crippen molar-refractivity contribution >= 4 is 29.1 Å². The number of aromatic nitrogens is 3. The summed E-state index contributed by atoms with van der Waals surface area (Å²) < 4.78 is 7.05. The Morgan fingerprint density at radius 1 is 1.12 bits per heavy atom. The van der Waals surface area contributed by atoms with Crippen LogP contribution < -0.4 is 4.74 Å². The first kappa shape index (κ1) is 21.6. The molecule has 3 heterocycles. The van der Waals surface area contributed by atoms with Crippen molar-refractivity contribution in [1.29, 1.82) is 0 Å². The van der Waals surface area contributed by atoms with Crippen molar-refractivity contribution in [2.24, 2.45) is 0 Å². The number of hydrogen-bond donors (Lipinski definition) is 1. The third-order valence-electron chi connectivity index (χ3n) is 5.36. The first-order valence-electron chi connectivity index (χ1n) is 9.99. The molecule has 164 valence electrons. The molecule has 1 atom stereocenters. The molecule has 1 saturated heterocycles. The van der Waals surface area contributed by atoms with Crippen molar-refractivity contribution in [2.75, 3.05) is 13.7 Å². The van der Waals surface area contributed by atoms with E-state index in [1.807, 2.05) is 10.8 Å². The summed E-state index contributed by atoms with van der Waals surface area (Å²) in [6, 6.07) is 7.42. The maximum atomic E-state index is 13.0. The molecule has 2 aromatic heterocycles. The number of aliphatic hydroxyl groups is 1. The number of ether oxygens (including phenoxy) is 1. The minimum atomic E-state index is -0.737. The molecule has 0 saturated carbocycles. The molecule has 4 rings (SSSR count). The highest BCUT2D eigenvalue weighted by molar-refractivity contribution is 6.46. The predicted molar refractivity (Wildman–Crippen MR) is 118 cm³/mol. The van der Waals surface area contributed by atoms with E-state index in [-0.39, 0.29) is 16.4 Å². The van der Waals surface area contributed by atoms with Gasteiger partial charge in [-0.25, -0.2) is 4.98 Å². The van der Waals surface area contributed by atoms with Crippen LogP contribution in [0.15, 0.2) is 67.0 Å². The van der Waals surface area contributed by atoms with Gasteiger partial charge in [0.2, 0.25) is 0 Å². The SMILES string of the molecule is COc1ccc(C(O)=C2C(=O)C(=O)N(CCCn3ccnc3)[C@@H]2c2ccncc2)cc1Cl. The number of likely N-dealkylation sites (tertiary alicyclic amines) is 1. The third-order valence-corrected chi connectivity index (χ3v) is 5.66. The van der Waals surface area contributed by atoms with Crippen LogP contribution in [0.1, 0.15) is 23.6 Å². The second-order valence-corrected chi connectivity index (χ2v) is 7.68. The van der Waals surface area contributed by atoms with Gasteiger partial charge in [-0.2, -0.15) is 0 Å². The first-order valence-corrected chi connectivity index (χ1v) is 10.4. The second-order valence-electron chi connectivity index (χ2n) is 7.28. The van der Waals surface area contributed by atoms with Gasteiger partial charge in [0.1, 0.15) is 11.5 Å². The number of nitrogens with zero attached hydrogens (tertiary/aromatic N) is 4. The minimum Gasteiger partial charge on any atom is -0.507 e. The van der Waals surface area contributed by atoms with Gasteiger partial charge in [-0.15, -0.1) is 0 Å². The van der Waals surface area contributed by atoms with E-state index in [0.717, 1.165) is 0 Å². The Morgan fingerprint density at radius 2 is 1.91 bits per heavy atom. The average molecular weight is 453 g/mol. The van der Waals surface area contributed by atoms with Crippen LogP contribution in [0, 0.1) is 0 Å². The lowest BCUT2D eigenvalue weighted by molar-refractivity contribution is -0.139. The number of pyridine rings is 1. The Bertz CT molecular complexity index is 1160. The van der Waals surface area contributed by atoms with Gasteiger partial charge in [0.25, 0.3) is 11.7 Å². The molecule has 1 aliphatic heterocycles. The van der Waals surface area contributed by atoms with Crippen LogP contribution in [0.25, 0.3) is 5.76 Å². The molecular weight excluding hydrogens is 432 g/mol. The Hall–Kier alpha value is -3.65. The number of carbonyl (C=O) groups is 2. The minimum absolute atomic E-state index is 0.0186. The van der Waals surface area contributed by atoms with Crippen molar-refractivity contribution in [3.8, 4) is 5.75 Å². The summed E-state index contributed by atoms with van der Waals surface area (Å²) in [7, 11) is 1.49. The summed E-state index contributed by atoms with van der Waals surface area (Å²) >= 11 is 6.21. The molecule has 9 heteroatoms. The van der Waals surface area contributed by atoms with Crippen LogP contribution in [0.2, 0.25) is 5.02 Å². The van der Waals surface area contributed by atoms with E-state index in [1.54, 1.807) is 49.2 Å². The van der Waals surface area contributed by atoms with Gasteiger partial charge in [-0.1, -0.05) is 11.6 Å². The van der Waals surface area contributed by atoms with Crippen molar-refractivity contribution in [3.05, 3.63) is 83.2 Å². The normalized spacial score (nSPS) is 17.7. The highest BCUT2D eigenvalue weighted by atomic mass is 35.5. The Kier molecular flexibility index (Phi) is 6.23. The zero-order chi connectivity index (χ0) is 22.7. The Labute approximate surface area is 189 Å². The average Bonchev–Trinajstić information content (AvgIpc) is 3.41. The molecule has 8 nitrogen and oxygen atoms in total. The number of ketones is 1. The quantitative estimate of drug-likeness (QED) is 0.335. The van der Waals surface area contributed by atoms with Gasteiger partial charge in [0.05, 0.1) is 30.1 Å². The van der Waals surface area contributed by atoms with Crippen molar-refractivity contribution in [3.63, 3.8) is 0 Å². The Balaban J connectivity index is 1.72. The lowest BCUT2D eigenvalue weighted by Gasteiger charge is -2.25. The number of amides is 1. The third kappa shape index (κ3) is 4.09. The first-order chi connectivity index (χ1) is 15.5. The number of Topliss-reactive ketones (excluding diaryl/α,β-unsaturated/α-hetero) is 1. The summed E-state index contributed by atoms with van der Waals surface area (Å²) in [6.45, 7) is 0.968. The molecule has 0 radical (unpaired) electrons. The zero-order valence-electron chi connectivity index (χ0n) is 17.3. The molecular formula is C23H21ClN4O4. The molecule has 1 aliphatic rings. The van der Waals surface area contributed by atoms with E-state index in [4.69, 9.17) is 16.3 Å². The molecule has 1 aromatic carbocycles. The van der Waals surface area contributed by atoms with Gasteiger partial charge in [0.15, 0.2) is 0 Å². The van der Waals surface area contributed by atoms with Gasteiger partial charge in [-0.3, -0.25) is 14.6 Å². The topological polar surface area (TPSA) is 97.6 Å². The number of aryl methyl sites for hydroxylation is 1. The lowest BCUT2D eigenvalue weighted by atomic mass is 9.96. The van der Waals surface area contributed by atoms with Crippen LogP contribution in [0.5, 0.6) is 5.75 Å². The summed E-state index contributed by atoms with van der Waals surface area (Å²) in [4.78, 5) is 35.5. The number of rotatable bonds is 7. The number of benzene rings is 1. The molecule has 0 unspecified atom stereocenters. The molecule has 0 spiro atoms. The fourth-order valence-corrected chi connectivity index (χ4v) is 4.07. The van der Waals surface area contributed by atoms with E-state index < -0.39 is 17.7 Å². The monoisotopic (exact) mass is 452 g/mol. The van der Waals surface area contributed by atoms with Crippen LogP contribution in [-0.4, -0.2) is 49.9 Å². The number of hydrogen-bond acceptors (Lipinski definition) is 6. The van der Waals surface area contributed by atoms with Gasteiger partial charge >= 0.3 is 0 Å². The van der Waals surface area contributed by atoms with Crippen LogP contribution in [0.4, 0.5) is 0 Å². The molecule has 32 heavy (non-hydrogen) atoms. The van der Waals surface area contributed by atoms with E-state index in [2.05, 4.69) is 9.97 Å². The maximum absolute atomic E-state index is 13.0. The molecule has 1 N–H and O–H groups in total. The molecule has 0 aliphatic carbocycles. The summed E-state index contributed by atoms with van der Waals surface area (Å²) in [5.41, 5.74) is 1.03. The van der Waals surface area contributed by atoms with Crippen molar-refractivity contribution in [2.45, 2.75) is 19.0 Å². The van der Waals surface area contributed by atoms with Crippen LogP contribution in [0.3, 0.4) is 0 Å². The highest BCUT2D eigenvalue weighted by Gasteiger charge is 2.45. The van der Waals surface area contributed by atoms with Crippen LogP contribution >= 0.6 is 11.6 Å². The number of aliphatic hydroxyl groups excluding tert-OH is 1. The second kappa shape index (κ2) is 9.23. The van der Waals surface area contributed by atoms with Gasteiger partial charge < -0.3 is 19.3 Å². The van der Waals surface area contributed by atoms with Crippen molar-refractivity contribution in [1.82, 2.24) is 19.4 Å². The predicted octanol–water partition coefficient (Wildman–Crippen LogP) is 3.45. The molecule has 0 bridgehead atoms. The summed E-state index contributed by atoms with van der Waals surface area (Å²) in [5, 5.41) is 11.4. The van der Waals surface area contributed by atoms with E-state index in [1.165, 1.54) is 18.1 Å². The number of imidazole rings is 1. The van der Waals surface area contributed by atoms with Crippen LogP contribution in [-0.2, 0) is 16.1 Å². The highest BCUT2D eigenvalue weighted by Crippen LogP contribution is 2.40. The van der Waals surface area contributed by atoms with Gasteiger partial charge in [-0.05, 0) is 42.3 Å². The van der Waals surface area contributed by atoms with Crippen molar-refractivity contribution < 1.29 is 19.4 Å². The standard InChI is InChI=1S/C23H21ClN4O4/c1-32-18-4-3-16(13-17(18)24)21(29)19-20(15-5-7-25-8-6-15)28(23(31)22(19)30)11-2-10-27-12-9-26-14-27/h3-9,12-14,20,29H,2,10-11H2,1H3/t20-/m1/s1. The number of halogens is 1. The lowest BCUT2D eigenvalue weighted by Crippen LogP contribution is -2.31. The molecule has 3 aromatic rings. The zero-order valence-corrected chi connectivity index (χ0v) is 18.1. The molecule has 1 fully saturated rings. The van der Waals surface area contributed by atoms with E-state index in [9.17, 15) is 14.7 Å². The summed E-state index contributed by atoms with van der Waals surface area (Å²) in [5.74, 6) is -1.24. The van der Waals surface area contributed by atoms with Gasteiger partial charge in [0, 0.05) is 43.4 Å². The van der Waals surface area contributed by atoms with E-state index >= 15 is 0 Å². The van der Waals surface area contributed by atoms with E-state index in [0.29, 0.717) is 36.4 Å². The number of carbonyl (C=O) groups excluding carboxylic acids is 2. The largest absolute Gasteiger partial charge is 0.507 e. The number of methoxy groups -OCH3 is 1. The Morgan fingerprint density at radius 3 is 2.56 bits per heavy atom. The molecule has 1 amide bonds. The fourth-order valence-electron chi connectivity index (χ4n) is 3.81. The fraction of sp³-hybridized carbons (Fsp3) is 0.217. The summed E-state index contributed by atoms with van der Waals surface area (Å²) in [6.07, 6.45) is 9.00. The smallest absolute Gasteiger partial charge is 0.295 e. The maximum Gasteiger partial charge on any atom is 0.295 e.